The molecule has 0 amide bonds. The number of carboxylic acid groups (broad SMARTS) is 1. The van der Waals surface area contributed by atoms with Gasteiger partial charge in [-0.1, -0.05) is 0 Å². The first kappa shape index (κ1) is 15.7. The minimum atomic E-state index is -4.88. The molecule has 0 aliphatic carbocycles. The van der Waals surface area contributed by atoms with Crippen molar-refractivity contribution in [2.45, 2.75) is 13.1 Å². The number of hydrogen-bond donors (Lipinski definition) is 1. The van der Waals surface area contributed by atoms with Crippen molar-refractivity contribution in [2.24, 2.45) is 0 Å². The number of rotatable bonds is 2. The smallest absolute Gasteiger partial charge is 0.431 e. The van der Waals surface area contributed by atoms with Crippen LogP contribution in [0.15, 0.2) is 35.1 Å². The maximum Gasteiger partial charge on any atom is 0.431 e. The van der Waals surface area contributed by atoms with Crippen molar-refractivity contribution in [3.05, 3.63) is 63.3 Å². The number of carbonyl (C=O) groups is 1. The van der Waals surface area contributed by atoms with Gasteiger partial charge in [-0.05, 0) is 42.8 Å². The summed E-state index contributed by atoms with van der Waals surface area (Å²) in [5, 5.41) is 8.89. The highest BCUT2D eigenvalue weighted by molar-refractivity contribution is 5.87. The SMILES string of the molecule is Cc1cc(F)ccc1-n1c(C(F)(F)F)ccc(C(=O)O)c1=O. The molecule has 1 N–H and O–H groups in total. The van der Waals surface area contributed by atoms with Gasteiger partial charge in [-0.3, -0.25) is 9.36 Å². The van der Waals surface area contributed by atoms with E-state index < -0.39 is 34.8 Å². The van der Waals surface area contributed by atoms with E-state index in [2.05, 4.69) is 0 Å². The van der Waals surface area contributed by atoms with Crippen LogP contribution in [0.25, 0.3) is 5.69 Å². The summed E-state index contributed by atoms with van der Waals surface area (Å²) in [6.07, 6.45) is -4.88. The molecule has 2 rings (SSSR count). The van der Waals surface area contributed by atoms with Gasteiger partial charge in [0.15, 0.2) is 0 Å². The lowest BCUT2D eigenvalue weighted by Gasteiger charge is -2.17. The second-order valence-corrected chi connectivity index (χ2v) is 4.51. The Morgan fingerprint density at radius 3 is 2.32 bits per heavy atom. The Labute approximate surface area is 121 Å². The zero-order valence-electron chi connectivity index (χ0n) is 11.1. The van der Waals surface area contributed by atoms with E-state index in [1.54, 1.807) is 0 Å². The summed E-state index contributed by atoms with van der Waals surface area (Å²) < 4.78 is 52.6. The van der Waals surface area contributed by atoms with Gasteiger partial charge in [-0.15, -0.1) is 0 Å². The van der Waals surface area contributed by atoms with Crippen molar-refractivity contribution in [3.8, 4) is 5.69 Å². The minimum Gasteiger partial charge on any atom is -0.477 e. The Morgan fingerprint density at radius 1 is 1.18 bits per heavy atom. The van der Waals surface area contributed by atoms with Crippen LogP contribution in [-0.4, -0.2) is 15.6 Å². The fourth-order valence-corrected chi connectivity index (χ4v) is 2.03. The molecule has 8 heteroatoms. The number of alkyl halides is 3. The van der Waals surface area contributed by atoms with Crippen molar-refractivity contribution in [2.75, 3.05) is 0 Å². The first-order valence-electron chi connectivity index (χ1n) is 5.96. The van der Waals surface area contributed by atoms with Gasteiger partial charge in [0, 0.05) is 0 Å². The van der Waals surface area contributed by atoms with E-state index in [0.29, 0.717) is 12.1 Å². The lowest BCUT2D eigenvalue weighted by atomic mass is 10.1. The first-order chi connectivity index (χ1) is 10.1. The van der Waals surface area contributed by atoms with Gasteiger partial charge < -0.3 is 5.11 Å². The fraction of sp³-hybridized carbons (Fsp3) is 0.143. The van der Waals surface area contributed by atoms with Gasteiger partial charge >= 0.3 is 12.1 Å². The number of aromatic carboxylic acids is 1. The Hall–Kier alpha value is -2.64. The van der Waals surface area contributed by atoms with Crippen molar-refractivity contribution < 1.29 is 27.5 Å². The van der Waals surface area contributed by atoms with Crippen molar-refractivity contribution in [3.63, 3.8) is 0 Å². The van der Waals surface area contributed by atoms with E-state index in [4.69, 9.17) is 5.11 Å². The number of carboxylic acids is 1. The molecular formula is C14H9F4NO3. The Bertz CT molecular complexity index is 809. The summed E-state index contributed by atoms with van der Waals surface area (Å²) in [6.45, 7) is 1.32. The molecule has 1 heterocycles. The van der Waals surface area contributed by atoms with Crippen LogP contribution >= 0.6 is 0 Å². The first-order valence-corrected chi connectivity index (χ1v) is 5.96. The second-order valence-electron chi connectivity index (χ2n) is 4.51. The number of pyridine rings is 1. The van der Waals surface area contributed by atoms with Gasteiger partial charge in [0.1, 0.15) is 17.1 Å². The molecule has 1 aromatic heterocycles. The summed E-state index contributed by atoms with van der Waals surface area (Å²) in [4.78, 5) is 23.1. The van der Waals surface area contributed by atoms with Crippen molar-refractivity contribution in [1.29, 1.82) is 0 Å². The average Bonchev–Trinajstić information content (AvgIpc) is 2.37. The van der Waals surface area contributed by atoms with E-state index in [1.165, 1.54) is 6.92 Å². The molecule has 0 saturated heterocycles. The molecule has 0 aliphatic rings. The predicted molar refractivity (Wildman–Crippen MR) is 68.7 cm³/mol. The van der Waals surface area contributed by atoms with Gasteiger partial charge in [0.25, 0.3) is 5.56 Å². The molecule has 4 nitrogen and oxygen atoms in total. The van der Waals surface area contributed by atoms with Crippen LogP contribution in [0.3, 0.4) is 0 Å². The van der Waals surface area contributed by atoms with Crippen LogP contribution in [0, 0.1) is 12.7 Å². The van der Waals surface area contributed by atoms with E-state index in [9.17, 15) is 27.2 Å². The van der Waals surface area contributed by atoms with Crippen LogP contribution in [-0.2, 0) is 6.18 Å². The molecule has 0 unspecified atom stereocenters. The number of aryl methyl sites for hydroxylation is 1. The molecule has 0 spiro atoms. The number of hydrogen-bond acceptors (Lipinski definition) is 2. The minimum absolute atomic E-state index is 0.0649. The molecular weight excluding hydrogens is 306 g/mol. The van der Waals surface area contributed by atoms with Crippen LogP contribution in [0.4, 0.5) is 17.6 Å². The van der Waals surface area contributed by atoms with Crippen LogP contribution in [0.2, 0.25) is 0 Å². The summed E-state index contributed by atoms with van der Waals surface area (Å²) in [5.74, 6) is -2.33. The van der Waals surface area contributed by atoms with Gasteiger partial charge in [-0.2, -0.15) is 13.2 Å². The topological polar surface area (TPSA) is 59.3 Å². The highest BCUT2D eigenvalue weighted by Crippen LogP contribution is 2.30. The highest BCUT2D eigenvalue weighted by atomic mass is 19.4. The lowest BCUT2D eigenvalue weighted by molar-refractivity contribution is -0.142. The molecule has 0 fully saturated rings. The fourth-order valence-electron chi connectivity index (χ4n) is 2.03. The zero-order valence-corrected chi connectivity index (χ0v) is 11.1. The summed E-state index contributed by atoms with van der Waals surface area (Å²) >= 11 is 0. The van der Waals surface area contributed by atoms with E-state index in [-0.39, 0.29) is 15.8 Å². The molecule has 0 saturated carbocycles. The molecule has 1 aromatic carbocycles. The Kier molecular flexibility index (Phi) is 3.78. The number of halogens is 4. The van der Waals surface area contributed by atoms with Gasteiger partial charge in [0.05, 0.1) is 5.69 Å². The van der Waals surface area contributed by atoms with Crippen LogP contribution in [0.5, 0.6) is 0 Å². The van der Waals surface area contributed by atoms with Crippen LogP contribution < -0.4 is 5.56 Å². The van der Waals surface area contributed by atoms with Crippen molar-refractivity contribution in [1.82, 2.24) is 4.57 Å². The van der Waals surface area contributed by atoms with E-state index in [1.807, 2.05) is 0 Å². The third-order valence-electron chi connectivity index (χ3n) is 3.00. The van der Waals surface area contributed by atoms with Crippen LogP contribution in [0.1, 0.15) is 21.6 Å². The maximum absolute atomic E-state index is 13.1. The molecule has 0 bridgehead atoms. The predicted octanol–water partition coefficient (Wildman–Crippen LogP) is 3.00. The maximum atomic E-state index is 13.1. The standard InChI is InChI=1S/C14H9F4NO3/c1-7-6-8(15)2-4-10(7)19-11(14(16,17)18)5-3-9(12(19)20)13(21)22/h2-6H,1H3,(H,21,22). The normalized spacial score (nSPS) is 11.5. The number of aromatic nitrogens is 1. The summed E-state index contributed by atoms with van der Waals surface area (Å²) in [6, 6.07) is 3.95. The van der Waals surface area contributed by atoms with Gasteiger partial charge in [0.2, 0.25) is 0 Å². The average molecular weight is 315 g/mol. The molecule has 2 aromatic rings. The molecule has 0 atom stereocenters. The molecule has 0 aliphatic heterocycles. The monoisotopic (exact) mass is 315 g/mol. The summed E-state index contributed by atoms with van der Waals surface area (Å²) in [7, 11) is 0. The summed E-state index contributed by atoms with van der Waals surface area (Å²) in [5.41, 5.74) is -3.65. The number of nitrogens with zero attached hydrogens (tertiary/aromatic N) is 1. The largest absolute Gasteiger partial charge is 0.477 e. The third-order valence-corrected chi connectivity index (χ3v) is 3.00. The molecule has 22 heavy (non-hydrogen) atoms. The Morgan fingerprint density at radius 2 is 1.82 bits per heavy atom. The lowest BCUT2D eigenvalue weighted by Crippen LogP contribution is -2.31. The Balaban J connectivity index is 2.90. The van der Waals surface area contributed by atoms with Gasteiger partial charge in [-0.25, -0.2) is 9.18 Å². The van der Waals surface area contributed by atoms with E-state index >= 15 is 0 Å². The third kappa shape index (κ3) is 2.72. The quantitative estimate of drug-likeness (QED) is 0.867. The molecule has 0 radical (unpaired) electrons. The second kappa shape index (κ2) is 5.28. The highest BCUT2D eigenvalue weighted by Gasteiger charge is 2.36. The van der Waals surface area contributed by atoms with Crippen molar-refractivity contribution >= 4 is 5.97 Å². The number of benzene rings is 1. The molecule has 116 valence electrons. The zero-order chi connectivity index (χ0) is 16.7. The van der Waals surface area contributed by atoms with E-state index in [0.717, 1.165) is 18.2 Å².